The van der Waals surface area contributed by atoms with Gasteiger partial charge in [-0.05, 0) is 48.7 Å². The lowest BCUT2D eigenvalue weighted by molar-refractivity contribution is -0.137. The molecule has 0 spiro atoms. The SMILES string of the molecule is Cc1cc(C(F)(F)F)ccc1Oc1ccc2c(c1)OCC[C@H]2C1SC(=O)NC1=O. The maximum Gasteiger partial charge on any atom is 0.416 e. The molecule has 2 amide bonds. The summed E-state index contributed by atoms with van der Waals surface area (Å²) in [5.41, 5.74) is 0.421. The lowest BCUT2D eigenvalue weighted by atomic mass is 9.89. The molecule has 29 heavy (non-hydrogen) atoms. The van der Waals surface area contributed by atoms with E-state index in [0.717, 1.165) is 29.5 Å². The normalized spacial score (nSPS) is 21.4. The molecule has 4 rings (SSSR count). The second kappa shape index (κ2) is 7.29. The van der Waals surface area contributed by atoms with Crippen LogP contribution in [0.4, 0.5) is 18.0 Å². The Bertz CT molecular complexity index is 992. The molecule has 0 aliphatic carbocycles. The number of thioether (sulfide) groups is 1. The number of aryl methyl sites for hydroxylation is 1. The van der Waals surface area contributed by atoms with E-state index in [9.17, 15) is 22.8 Å². The van der Waals surface area contributed by atoms with Crippen LogP contribution in [0.15, 0.2) is 36.4 Å². The zero-order valence-electron chi connectivity index (χ0n) is 15.2. The van der Waals surface area contributed by atoms with Crippen molar-refractivity contribution >= 4 is 22.9 Å². The predicted octanol–water partition coefficient (Wildman–Crippen LogP) is 5.02. The summed E-state index contributed by atoms with van der Waals surface area (Å²) in [6, 6.07) is 8.39. The van der Waals surface area contributed by atoms with E-state index in [-0.39, 0.29) is 17.1 Å². The lowest BCUT2D eigenvalue weighted by Crippen LogP contribution is -2.31. The molecule has 1 unspecified atom stereocenters. The molecule has 0 aromatic heterocycles. The number of fused-ring (bicyclic) bond motifs is 1. The van der Waals surface area contributed by atoms with Gasteiger partial charge < -0.3 is 9.47 Å². The highest BCUT2D eigenvalue weighted by Crippen LogP contribution is 2.44. The van der Waals surface area contributed by atoms with Crippen LogP contribution < -0.4 is 14.8 Å². The monoisotopic (exact) mass is 423 g/mol. The van der Waals surface area contributed by atoms with Crippen LogP contribution in [0.3, 0.4) is 0 Å². The molecule has 2 aliphatic heterocycles. The first kappa shape index (κ1) is 19.6. The average molecular weight is 423 g/mol. The third kappa shape index (κ3) is 3.91. The van der Waals surface area contributed by atoms with E-state index in [1.807, 2.05) is 0 Å². The van der Waals surface area contributed by atoms with Gasteiger partial charge >= 0.3 is 6.18 Å². The van der Waals surface area contributed by atoms with Crippen molar-refractivity contribution in [3.05, 3.63) is 53.1 Å². The Morgan fingerprint density at radius 2 is 1.97 bits per heavy atom. The van der Waals surface area contributed by atoms with Crippen LogP contribution in [-0.2, 0) is 11.0 Å². The number of benzene rings is 2. The van der Waals surface area contributed by atoms with Gasteiger partial charge in [-0.15, -0.1) is 0 Å². The van der Waals surface area contributed by atoms with Crippen molar-refractivity contribution in [2.45, 2.75) is 30.7 Å². The van der Waals surface area contributed by atoms with Crippen molar-refractivity contribution in [2.24, 2.45) is 0 Å². The van der Waals surface area contributed by atoms with Crippen LogP contribution in [0.1, 0.15) is 29.0 Å². The first-order chi connectivity index (χ1) is 13.7. The summed E-state index contributed by atoms with van der Waals surface area (Å²) in [6.07, 6.45) is -3.81. The summed E-state index contributed by atoms with van der Waals surface area (Å²) in [4.78, 5) is 23.5. The zero-order valence-corrected chi connectivity index (χ0v) is 16.0. The number of halogens is 3. The van der Waals surface area contributed by atoms with Crippen molar-refractivity contribution in [3.63, 3.8) is 0 Å². The van der Waals surface area contributed by atoms with Crippen molar-refractivity contribution in [1.29, 1.82) is 0 Å². The Balaban J connectivity index is 1.57. The van der Waals surface area contributed by atoms with Gasteiger partial charge in [-0.25, -0.2) is 0 Å². The van der Waals surface area contributed by atoms with Gasteiger partial charge in [0.15, 0.2) is 0 Å². The number of carbonyl (C=O) groups excluding carboxylic acids is 2. The zero-order chi connectivity index (χ0) is 20.8. The number of ether oxygens (including phenoxy) is 2. The fourth-order valence-corrected chi connectivity index (χ4v) is 4.48. The Kier molecular flexibility index (Phi) is 4.94. The van der Waals surface area contributed by atoms with Gasteiger partial charge in [-0.3, -0.25) is 14.9 Å². The van der Waals surface area contributed by atoms with Crippen LogP contribution in [0.25, 0.3) is 0 Å². The molecule has 2 aromatic carbocycles. The minimum atomic E-state index is -4.41. The van der Waals surface area contributed by atoms with Gasteiger partial charge in [-0.1, -0.05) is 17.8 Å². The number of carbonyl (C=O) groups is 2. The van der Waals surface area contributed by atoms with Crippen molar-refractivity contribution < 1.29 is 32.2 Å². The average Bonchev–Trinajstić information content (AvgIpc) is 3.00. The molecule has 152 valence electrons. The molecule has 9 heteroatoms. The van der Waals surface area contributed by atoms with Crippen molar-refractivity contribution in [3.8, 4) is 17.2 Å². The molecule has 2 aliphatic rings. The van der Waals surface area contributed by atoms with Gasteiger partial charge in [0.05, 0.1) is 12.2 Å². The Hall–Kier alpha value is -2.68. The highest BCUT2D eigenvalue weighted by Gasteiger charge is 2.41. The number of hydrogen-bond acceptors (Lipinski definition) is 5. The summed E-state index contributed by atoms with van der Waals surface area (Å²) in [7, 11) is 0. The predicted molar refractivity (Wildman–Crippen MR) is 100 cm³/mol. The molecule has 2 heterocycles. The minimum absolute atomic E-state index is 0.169. The van der Waals surface area contributed by atoms with Crippen LogP contribution in [0.5, 0.6) is 17.2 Å². The van der Waals surface area contributed by atoms with E-state index in [4.69, 9.17) is 9.47 Å². The maximum absolute atomic E-state index is 12.8. The van der Waals surface area contributed by atoms with Crippen LogP contribution >= 0.6 is 11.8 Å². The standard InChI is InChI=1S/C20H16F3NO4S/c1-10-8-11(20(21,22)23)2-5-15(10)28-12-3-4-13-14(6-7-27-16(13)9-12)17-18(25)24-19(26)29-17/h2-5,8-9,14,17H,6-7H2,1H3,(H,24,25,26)/t14-,17?/m1/s1. The smallest absolute Gasteiger partial charge is 0.416 e. The first-order valence-electron chi connectivity index (χ1n) is 8.86. The summed E-state index contributed by atoms with van der Waals surface area (Å²) in [5.74, 6) is 0.778. The van der Waals surface area contributed by atoms with E-state index in [2.05, 4.69) is 5.32 Å². The molecule has 0 saturated carbocycles. The van der Waals surface area contributed by atoms with Gasteiger partial charge in [0.2, 0.25) is 5.91 Å². The number of hydrogen-bond donors (Lipinski definition) is 1. The second-order valence-corrected chi connectivity index (χ2v) is 7.95. The number of rotatable bonds is 3. The third-order valence-electron chi connectivity index (χ3n) is 4.88. The number of nitrogens with one attached hydrogen (secondary N) is 1. The van der Waals surface area contributed by atoms with Gasteiger partial charge in [0.25, 0.3) is 5.24 Å². The van der Waals surface area contributed by atoms with E-state index in [0.29, 0.717) is 35.8 Å². The van der Waals surface area contributed by atoms with Gasteiger partial charge in [0.1, 0.15) is 22.5 Å². The number of imide groups is 1. The summed E-state index contributed by atoms with van der Waals surface area (Å²) in [6.45, 7) is 1.93. The van der Waals surface area contributed by atoms with E-state index >= 15 is 0 Å². The second-order valence-electron chi connectivity index (χ2n) is 6.84. The highest BCUT2D eigenvalue weighted by molar-refractivity contribution is 8.15. The molecule has 1 fully saturated rings. The van der Waals surface area contributed by atoms with E-state index in [1.165, 1.54) is 6.07 Å². The summed E-state index contributed by atoms with van der Waals surface area (Å²) in [5, 5.41) is 1.44. The molecular weight excluding hydrogens is 407 g/mol. The fourth-order valence-electron chi connectivity index (χ4n) is 3.48. The molecule has 0 radical (unpaired) electrons. The molecule has 0 bridgehead atoms. The lowest BCUT2D eigenvalue weighted by Gasteiger charge is -2.28. The van der Waals surface area contributed by atoms with Gasteiger partial charge in [0, 0.05) is 12.0 Å². The third-order valence-corrected chi connectivity index (χ3v) is 6.00. The molecular formula is C20H16F3NO4S. The Morgan fingerprint density at radius 3 is 2.62 bits per heavy atom. The van der Waals surface area contributed by atoms with Crippen LogP contribution in [-0.4, -0.2) is 23.0 Å². The first-order valence-corrected chi connectivity index (χ1v) is 9.74. The molecule has 2 aromatic rings. The van der Waals surface area contributed by atoms with E-state index < -0.39 is 17.0 Å². The maximum atomic E-state index is 12.8. The number of amides is 2. The quantitative estimate of drug-likeness (QED) is 0.751. The van der Waals surface area contributed by atoms with Crippen LogP contribution in [0, 0.1) is 6.92 Å². The number of alkyl halides is 3. The Morgan fingerprint density at radius 1 is 1.17 bits per heavy atom. The van der Waals surface area contributed by atoms with E-state index in [1.54, 1.807) is 25.1 Å². The van der Waals surface area contributed by atoms with Crippen molar-refractivity contribution in [1.82, 2.24) is 5.32 Å². The highest BCUT2D eigenvalue weighted by atomic mass is 32.2. The molecule has 1 saturated heterocycles. The largest absolute Gasteiger partial charge is 0.493 e. The van der Waals surface area contributed by atoms with Crippen molar-refractivity contribution in [2.75, 3.05) is 6.61 Å². The molecule has 2 atom stereocenters. The molecule has 1 N–H and O–H groups in total. The van der Waals surface area contributed by atoms with Gasteiger partial charge in [-0.2, -0.15) is 13.2 Å². The summed E-state index contributed by atoms with van der Waals surface area (Å²) < 4.78 is 49.9. The van der Waals surface area contributed by atoms with Crippen LogP contribution in [0.2, 0.25) is 0 Å². The summed E-state index contributed by atoms with van der Waals surface area (Å²) >= 11 is 0.978. The topological polar surface area (TPSA) is 64.6 Å². The Labute approximate surface area is 168 Å². The minimum Gasteiger partial charge on any atom is -0.493 e. The molecule has 5 nitrogen and oxygen atoms in total. The fraction of sp³-hybridized carbons (Fsp3) is 0.300.